The Hall–Kier alpha value is -3.49. The molecule has 1 unspecified atom stereocenters. The smallest absolute Gasteiger partial charge is 0.254 e. The first-order valence-electron chi connectivity index (χ1n) is 9.83. The number of nitrogens with zero attached hydrogens (tertiary/aromatic N) is 2. The van der Waals surface area contributed by atoms with E-state index in [4.69, 9.17) is 10.2 Å². The lowest BCUT2D eigenvalue weighted by atomic mass is 10.0. The molecule has 0 radical (unpaired) electrons. The van der Waals surface area contributed by atoms with E-state index >= 15 is 0 Å². The monoisotopic (exact) mass is 423 g/mol. The summed E-state index contributed by atoms with van der Waals surface area (Å²) in [6.07, 6.45) is 1.93. The summed E-state index contributed by atoms with van der Waals surface area (Å²) < 4.78 is 1.98. The van der Waals surface area contributed by atoms with E-state index in [-0.39, 0.29) is 6.61 Å². The van der Waals surface area contributed by atoms with Crippen molar-refractivity contribution in [1.29, 1.82) is 0 Å². The zero-order chi connectivity index (χ0) is 22.5. The predicted octanol–water partition coefficient (Wildman–Crippen LogP) is 1.05. The summed E-state index contributed by atoms with van der Waals surface area (Å²) in [4.78, 5) is 37.8. The number of fused-ring (bicyclic) bond motifs is 1. The Morgan fingerprint density at radius 3 is 2.32 bits per heavy atom. The molecule has 0 fully saturated rings. The molecular weight excluding hydrogens is 398 g/mol. The summed E-state index contributed by atoms with van der Waals surface area (Å²) in [7, 11) is 2.72. The Morgan fingerprint density at radius 1 is 1.03 bits per heavy atom. The zero-order valence-electron chi connectivity index (χ0n) is 17.4. The highest BCUT2D eigenvalue weighted by Crippen LogP contribution is 2.26. The first kappa shape index (κ1) is 22.2. The van der Waals surface area contributed by atoms with Crippen LogP contribution in [-0.2, 0) is 16.1 Å². The number of aliphatic hydroxyl groups is 2. The van der Waals surface area contributed by atoms with Crippen LogP contribution in [0.3, 0.4) is 0 Å². The third-order valence-electron chi connectivity index (χ3n) is 5.24. The van der Waals surface area contributed by atoms with Crippen LogP contribution in [0.15, 0.2) is 54.7 Å². The third-order valence-corrected chi connectivity index (χ3v) is 5.24. The number of carbonyl (C=O) groups is 3. The minimum atomic E-state index is -1.40. The van der Waals surface area contributed by atoms with E-state index in [0.29, 0.717) is 12.1 Å². The normalized spacial score (nSPS) is 11.9. The van der Waals surface area contributed by atoms with Gasteiger partial charge in [-0.25, -0.2) is 0 Å². The van der Waals surface area contributed by atoms with Gasteiger partial charge in [-0.1, -0.05) is 18.2 Å². The third kappa shape index (κ3) is 4.50. The van der Waals surface area contributed by atoms with Crippen molar-refractivity contribution in [2.24, 2.45) is 0 Å². The highest BCUT2D eigenvalue weighted by molar-refractivity contribution is 6.10. The van der Waals surface area contributed by atoms with E-state index in [1.807, 2.05) is 35.0 Å². The molecule has 0 saturated heterocycles. The van der Waals surface area contributed by atoms with Crippen LogP contribution in [0.1, 0.15) is 10.4 Å². The highest BCUT2D eigenvalue weighted by Gasteiger charge is 2.32. The lowest BCUT2D eigenvalue weighted by molar-refractivity contribution is -0.135. The fourth-order valence-electron chi connectivity index (χ4n) is 3.57. The summed E-state index contributed by atoms with van der Waals surface area (Å²) in [5.41, 5.74) is 3.23. The van der Waals surface area contributed by atoms with Gasteiger partial charge < -0.3 is 25.0 Å². The van der Waals surface area contributed by atoms with Gasteiger partial charge in [-0.3, -0.25) is 14.4 Å². The molecule has 1 aromatic heterocycles. The van der Waals surface area contributed by atoms with Crippen LogP contribution >= 0.6 is 0 Å². The molecule has 3 aromatic rings. The van der Waals surface area contributed by atoms with E-state index in [1.54, 1.807) is 24.3 Å². The Balaban J connectivity index is 1.83. The number of hydrogen-bond acceptors (Lipinski definition) is 5. The lowest BCUT2D eigenvalue weighted by Gasteiger charge is -2.25. The van der Waals surface area contributed by atoms with Gasteiger partial charge in [0.15, 0.2) is 11.8 Å². The van der Waals surface area contributed by atoms with Crippen LogP contribution in [0.4, 0.5) is 0 Å². The number of benzene rings is 2. The summed E-state index contributed by atoms with van der Waals surface area (Å²) in [6.45, 7) is -0.236. The van der Waals surface area contributed by atoms with Gasteiger partial charge in [-0.2, -0.15) is 0 Å². The van der Waals surface area contributed by atoms with Gasteiger partial charge in [0.2, 0.25) is 5.91 Å². The first-order chi connectivity index (χ1) is 14.9. The second-order valence-corrected chi connectivity index (χ2v) is 7.14. The Morgan fingerprint density at radius 2 is 1.71 bits per heavy atom. The number of nitrogens with one attached hydrogen (secondary N) is 1. The maximum Gasteiger partial charge on any atom is 0.254 e. The number of hydrogen-bond donors (Lipinski definition) is 3. The molecule has 0 aliphatic rings. The number of ketones is 1. The van der Waals surface area contributed by atoms with Crippen LogP contribution in [0.2, 0.25) is 0 Å². The second kappa shape index (κ2) is 9.55. The number of aromatic nitrogens is 1. The molecule has 31 heavy (non-hydrogen) atoms. The molecule has 0 aliphatic carbocycles. The van der Waals surface area contributed by atoms with Crippen molar-refractivity contribution in [2.45, 2.75) is 12.6 Å². The topological polar surface area (TPSA) is 112 Å². The quantitative estimate of drug-likeness (QED) is 0.469. The van der Waals surface area contributed by atoms with E-state index < -0.39 is 30.2 Å². The number of aliphatic hydroxyl groups excluding tert-OH is 2. The number of amides is 2. The van der Waals surface area contributed by atoms with E-state index in [9.17, 15) is 14.4 Å². The van der Waals surface area contributed by atoms with Crippen LogP contribution in [0, 0.1) is 0 Å². The molecule has 0 spiro atoms. The molecule has 3 rings (SSSR count). The van der Waals surface area contributed by atoms with Gasteiger partial charge in [-0.05, 0) is 41.5 Å². The fourth-order valence-corrected chi connectivity index (χ4v) is 3.57. The minimum absolute atomic E-state index is 0.0696. The standard InChI is InChI=1S/C23H25N3O5/c1-24-22(30)21(20(29)14-28)25(2)23(31)16-5-3-15(4-6-16)17-7-8-19-18(13-17)9-10-26(19)11-12-27/h3-10,13,21,27-28H,11-12,14H2,1-2H3,(H,24,30). The Labute approximate surface area is 179 Å². The maximum absolute atomic E-state index is 12.8. The van der Waals surface area contributed by atoms with E-state index in [2.05, 4.69) is 5.32 Å². The Kier molecular flexibility index (Phi) is 6.84. The molecule has 1 heterocycles. The molecular formula is C23H25N3O5. The molecule has 3 N–H and O–H groups in total. The summed E-state index contributed by atoms with van der Waals surface area (Å²) in [5.74, 6) is -1.92. The van der Waals surface area contributed by atoms with Crippen molar-refractivity contribution < 1.29 is 24.6 Å². The molecule has 8 nitrogen and oxygen atoms in total. The van der Waals surface area contributed by atoms with Crippen LogP contribution < -0.4 is 5.32 Å². The van der Waals surface area contributed by atoms with Gasteiger partial charge in [0, 0.05) is 43.3 Å². The van der Waals surface area contributed by atoms with Gasteiger partial charge in [0.25, 0.3) is 5.91 Å². The van der Waals surface area contributed by atoms with Crippen LogP contribution in [0.25, 0.3) is 22.0 Å². The number of carbonyl (C=O) groups excluding carboxylic acids is 3. The van der Waals surface area contributed by atoms with E-state index in [0.717, 1.165) is 26.9 Å². The average Bonchev–Trinajstić information content (AvgIpc) is 3.20. The molecule has 0 aliphatic heterocycles. The number of rotatable bonds is 8. The van der Waals surface area contributed by atoms with Crippen molar-refractivity contribution in [3.63, 3.8) is 0 Å². The molecule has 2 amide bonds. The predicted molar refractivity (Wildman–Crippen MR) is 117 cm³/mol. The maximum atomic E-state index is 12.8. The highest BCUT2D eigenvalue weighted by atomic mass is 16.3. The molecule has 0 saturated carbocycles. The number of likely N-dealkylation sites (N-methyl/N-ethyl adjacent to an activating group) is 2. The Bertz CT molecular complexity index is 1090. The van der Waals surface area contributed by atoms with Gasteiger partial charge in [0.05, 0.1) is 6.61 Å². The summed E-state index contributed by atoms with van der Waals surface area (Å²) in [5, 5.41) is 21.7. The van der Waals surface area contributed by atoms with Crippen molar-refractivity contribution in [1.82, 2.24) is 14.8 Å². The van der Waals surface area contributed by atoms with Crippen molar-refractivity contribution >= 4 is 28.5 Å². The molecule has 162 valence electrons. The van der Waals surface area contributed by atoms with Crippen LogP contribution in [0.5, 0.6) is 0 Å². The molecule has 0 bridgehead atoms. The van der Waals surface area contributed by atoms with Crippen molar-refractivity contribution in [3.8, 4) is 11.1 Å². The first-order valence-corrected chi connectivity index (χ1v) is 9.83. The van der Waals surface area contributed by atoms with Crippen molar-refractivity contribution in [2.75, 3.05) is 27.3 Å². The molecule has 8 heteroatoms. The zero-order valence-corrected chi connectivity index (χ0v) is 17.4. The van der Waals surface area contributed by atoms with Crippen LogP contribution in [-0.4, -0.2) is 70.6 Å². The van der Waals surface area contributed by atoms with Crippen molar-refractivity contribution in [3.05, 3.63) is 60.3 Å². The average molecular weight is 423 g/mol. The summed E-state index contributed by atoms with van der Waals surface area (Å²) in [6, 6.07) is 13.5. The number of Topliss-reactive ketones (excluding diaryl/α,β-unsaturated/α-hetero) is 1. The minimum Gasteiger partial charge on any atom is -0.395 e. The lowest BCUT2D eigenvalue weighted by Crippen LogP contribution is -2.52. The van der Waals surface area contributed by atoms with E-state index in [1.165, 1.54) is 14.1 Å². The largest absolute Gasteiger partial charge is 0.395 e. The SMILES string of the molecule is CNC(=O)C(C(=O)CO)N(C)C(=O)c1ccc(-c2ccc3c(ccn3CCO)c2)cc1. The molecule has 1 atom stereocenters. The van der Waals surface area contributed by atoms with Gasteiger partial charge >= 0.3 is 0 Å². The molecule has 2 aromatic carbocycles. The van der Waals surface area contributed by atoms with Gasteiger partial charge in [-0.15, -0.1) is 0 Å². The fraction of sp³-hybridized carbons (Fsp3) is 0.261. The summed E-state index contributed by atoms with van der Waals surface area (Å²) >= 11 is 0. The second-order valence-electron chi connectivity index (χ2n) is 7.14. The van der Waals surface area contributed by atoms with Gasteiger partial charge in [0.1, 0.15) is 6.61 Å².